The number of halogens is 1. The van der Waals surface area contributed by atoms with Gasteiger partial charge in [-0.3, -0.25) is 14.5 Å². The Hall–Kier alpha value is -2.37. The monoisotopic (exact) mass is 371 g/mol. The molecule has 5 nitrogen and oxygen atoms in total. The molecule has 0 saturated heterocycles. The van der Waals surface area contributed by atoms with Crippen molar-refractivity contribution in [2.75, 3.05) is 23.8 Å². The second kappa shape index (κ2) is 8.34. The topological polar surface area (TPSA) is 61.4 Å². The predicted molar refractivity (Wildman–Crippen MR) is 105 cm³/mol. The van der Waals surface area contributed by atoms with E-state index in [1.165, 1.54) is 0 Å². The molecule has 0 bridgehead atoms. The van der Waals surface area contributed by atoms with E-state index in [-0.39, 0.29) is 11.8 Å². The van der Waals surface area contributed by atoms with Crippen LogP contribution >= 0.6 is 11.6 Å². The fourth-order valence-corrected chi connectivity index (χ4v) is 3.29. The van der Waals surface area contributed by atoms with Crippen molar-refractivity contribution in [2.24, 2.45) is 0 Å². The fraction of sp³-hybridized carbons (Fsp3) is 0.300. The van der Waals surface area contributed by atoms with E-state index in [9.17, 15) is 9.59 Å². The highest BCUT2D eigenvalue weighted by molar-refractivity contribution is 6.31. The molecule has 0 aliphatic carbocycles. The number of hydrogen-bond acceptors (Lipinski definition) is 3. The maximum absolute atomic E-state index is 13.0. The maximum atomic E-state index is 13.0. The number of carbonyl (C=O) groups excluding carboxylic acids is 2. The molecule has 2 aromatic carbocycles. The van der Waals surface area contributed by atoms with E-state index in [2.05, 4.69) is 10.6 Å². The van der Waals surface area contributed by atoms with Crippen LogP contribution in [-0.4, -0.2) is 25.4 Å². The zero-order valence-corrected chi connectivity index (χ0v) is 15.5. The number of hydrogen-bond donors (Lipinski definition) is 2. The first-order valence-corrected chi connectivity index (χ1v) is 9.17. The zero-order valence-electron chi connectivity index (χ0n) is 14.7. The van der Waals surface area contributed by atoms with Crippen LogP contribution in [0.4, 0.5) is 17.1 Å². The molecule has 1 aliphatic rings. The Labute approximate surface area is 158 Å². The average molecular weight is 372 g/mol. The Morgan fingerprint density at radius 1 is 1.12 bits per heavy atom. The van der Waals surface area contributed by atoms with Crippen LogP contribution < -0.4 is 15.5 Å². The van der Waals surface area contributed by atoms with Gasteiger partial charge in [0.1, 0.15) is 0 Å². The Morgan fingerprint density at radius 3 is 2.73 bits per heavy atom. The molecule has 2 aromatic rings. The molecule has 136 valence electrons. The van der Waals surface area contributed by atoms with Gasteiger partial charge in [0.2, 0.25) is 5.91 Å². The third-order valence-electron chi connectivity index (χ3n) is 4.40. The van der Waals surface area contributed by atoms with Crippen molar-refractivity contribution in [1.29, 1.82) is 0 Å². The highest BCUT2D eigenvalue weighted by Gasteiger charge is 2.28. The molecular weight excluding hydrogens is 350 g/mol. The normalized spacial score (nSPS) is 12.8. The van der Waals surface area contributed by atoms with Gasteiger partial charge >= 0.3 is 0 Å². The second-order valence-corrected chi connectivity index (χ2v) is 6.71. The summed E-state index contributed by atoms with van der Waals surface area (Å²) in [5, 5.41) is 6.48. The van der Waals surface area contributed by atoms with Crippen molar-refractivity contribution in [2.45, 2.75) is 25.7 Å². The molecule has 0 saturated carbocycles. The number of carbonyl (C=O) groups is 2. The number of unbranched alkanes of at least 4 members (excludes halogenated alkanes) is 2. The number of para-hydroxylation sites is 1. The van der Waals surface area contributed by atoms with E-state index in [1.54, 1.807) is 41.3 Å². The van der Waals surface area contributed by atoms with Crippen LogP contribution in [0, 0.1) is 0 Å². The van der Waals surface area contributed by atoms with Gasteiger partial charge in [-0.25, -0.2) is 0 Å². The average Bonchev–Trinajstić information content (AvgIpc) is 2.75. The second-order valence-electron chi connectivity index (χ2n) is 6.28. The summed E-state index contributed by atoms with van der Waals surface area (Å²) in [4.78, 5) is 27.3. The Bertz CT molecular complexity index is 822. The van der Waals surface area contributed by atoms with Crippen LogP contribution in [-0.2, 0) is 4.79 Å². The van der Waals surface area contributed by atoms with Crippen molar-refractivity contribution < 1.29 is 9.59 Å². The smallest absolute Gasteiger partial charge is 0.257 e. The quantitative estimate of drug-likeness (QED) is 0.742. The van der Waals surface area contributed by atoms with Gasteiger partial charge < -0.3 is 10.6 Å². The van der Waals surface area contributed by atoms with Gasteiger partial charge in [0, 0.05) is 11.4 Å². The van der Waals surface area contributed by atoms with Crippen LogP contribution in [0.3, 0.4) is 0 Å². The Morgan fingerprint density at radius 2 is 1.92 bits per heavy atom. The molecule has 0 unspecified atom stereocenters. The highest BCUT2D eigenvalue weighted by Crippen LogP contribution is 2.39. The fourth-order valence-electron chi connectivity index (χ4n) is 3.12. The standard InChI is InChI=1S/C20H22ClN3O2/c1-22-12-6-2-3-9-19(25)24-17-8-5-4-7-15(17)20(26)23-16-13-14(21)10-11-18(16)24/h4-5,7-8,10-11,13,22H,2-3,6,9,12H2,1H3,(H,23,26). The van der Waals surface area contributed by atoms with Crippen molar-refractivity contribution in [1.82, 2.24) is 5.32 Å². The van der Waals surface area contributed by atoms with Gasteiger partial charge in [0.05, 0.1) is 22.6 Å². The largest absolute Gasteiger partial charge is 0.320 e. The third-order valence-corrected chi connectivity index (χ3v) is 4.64. The van der Waals surface area contributed by atoms with Gasteiger partial charge in [-0.05, 0) is 56.8 Å². The molecule has 0 spiro atoms. The first-order chi connectivity index (χ1) is 12.6. The molecule has 2 amide bonds. The lowest BCUT2D eigenvalue weighted by Crippen LogP contribution is -2.26. The first kappa shape index (κ1) is 18.4. The Kier molecular flexibility index (Phi) is 5.91. The number of rotatable bonds is 6. The van der Waals surface area contributed by atoms with Gasteiger partial charge in [-0.2, -0.15) is 0 Å². The van der Waals surface area contributed by atoms with Crippen LogP contribution in [0.5, 0.6) is 0 Å². The molecule has 3 rings (SSSR count). The van der Waals surface area contributed by atoms with E-state index in [1.807, 2.05) is 13.1 Å². The minimum absolute atomic E-state index is 0.0259. The lowest BCUT2D eigenvalue weighted by Gasteiger charge is -2.24. The SMILES string of the molecule is CNCCCCCC(=O)N1c2ccc(Cl)cc2NC(=O)c2ccccc21. The van der Waals surface area contributed by atoms with E-state index < -0.39 is 0 Å². The number of nitrogens with one attached hydrogen (secondary N) is 2. The molecular formula is C20H22ClN3O2. The van der Waals surface area contributed by atoms with E-state index >= 15 is 0 Å². The molecule has 0 fully saturated rings. The van der Waals surface area contributed by atoms with Gasteiger partial charge in [0.15, 0.2) is 0 Å². The summed E-state index contributed by atoms with van der Waals surface area (Å²) >= 11 is 6.09. The molecule has 6 heteroatoms. The summed E-state index contributed by atoms with van der Waals surface area (Å²) in [6, 6.07) is 12.3. The molecule has 1 aliphatic heterocycles. The highest BCUT2D eigenvalue weighted by atomic mass is 35.5. The maximum Gasteiger partial charge on any atom is 0.257 e. The molecule has 2 N–H and O–H groups in total. The van der Waals surface area contributed by atoms with E-state index in [0.717, 1.165) is 25.8 Å². The van der Waals surface area contributed by atoms with Crippen LogP contribution in [0.1, 0.15) is 36.0 Å². The van der Waals surface area contributed by atoms with Gasteiger partial charge in [-0.15, -0.1) is 0 Å². The Balaban J connectivity index is 1.93. The molecule has 26 heavy (non-hydrogen) atoms. The minimum Gasteiger partial charge on any atom is -0.320 e. The number of amides is 2. The first-order valence-electron chi connectivity index (χ1n) is 8.79. The van der Waals surface area contributed by atoms with Gasteiger partial charge in [0.25, 0.3) is 5.91 Å². The zero-order chi connectivity index (χ0) is 18.5. The summed E-state index contributed by atoms with van der Waals surface area (Å²) in [6.07, 6.45) is 3.25. The van der Waals surface area contributed by atoms with Crippen molar-refractivity contribution >= 4 is 40.5 Å². The van der Waals surface area contributed by atoms with Crippen LogP contribution in [0.2, 0.25) is 5.02 Å². The summed E-state index contributed by atoms with van der Waals surface area (Å²) in [5.41, 5.74) is 2.27. The molecule has 0 atom stereocenters. The summed E-state index contributed by atoms with van der Waals surface area (Å²) < 4.78 is 0. The number of anilines is 3. The van der Waals surface area contributed by atoms with Crippen molar-refractivity contribution in [3.8, 4) is 0 Å². The van der Waals surface area contributed by atoms with E-state index in [4.69, 9.17) is 11.6 Å². The molecule has 1 heterocycles. The van der Waals surface area contributed by atoms with Gasteiger partial charge in [-0.1, -0.05) is 30.2 Å². The predicted octanol–water partition coefficient (Wildman–Crippen LogP) is 4.35. The number of benzene rings is 2. The van der Waals surface area contributed by atoms with Crippen molar-refractivity contribution in [3.05, 3.63) is 53.1 Å². The summed E-state index contributed by atoms with van der Waals surface area (Å²) in [6.45, 7) is 0.945. The number of nitrogens with zero attached hydrogens (tertiary/aromatic N) is 1. The van der Waals surface area contributed by atoms with Crippen LogP contribution in [0.15, 0.2) is 42.5 Å². The summed E-state index contributed by atoms with van der Waals surface area (Å²) in [5.74, 6) is -0.268. The third kappa shape index (κ3) is 3.89. The lowest BCUT2D eigenvalue weighted by atomic mass is 10.1. The minimum atomic E-state index is -0.242. The summed E-state index contributed by atoms with van der Waals surface area (Å²) in [7, 11) is 1.92. The van der Waals surface area contributed by atoms with E-state index in [0.29, 0.717) is 34.1 Å². The molecule has 0 radical (unpaired) electrons. The lowest BCUT2D eigenvalue weighted by molar-refractivity contribution is -0.118. The van der Waals surface area contributed by atoms with Crippen LogP contribution in [0.25, 0.3) is 0 Å². The number of fused-ring (bicyclic) bond motifs is 2. The molecule has 0 aromatic heterocycles. The van der Waals surface area contributed by atoms with Crippen molar-refractivity contribution in [3.63, 3.8) is 0 Å².